The monoisotopic (exact) mass is 673 g/mol. The summed E-state index contributed by atoms with van der Waals surface area (Å²) in [5, 5.41) is 31.7. The number of imide groups is 1. The number of carbonyl (C=O) groups is 3. The molecule has 9 nitrogen and oxygen atoms in total. The van der Waals surface area contributed by atoms with E-state index in [0.717, 1.165) is 75.0 Å². The normalized spacial score (nSPS) is 17.4. The summed E-state index contributed by atoms with van der Waals surface area (Å²) in [6.45, 7) is 0.223. The summed E-state index contributed by atoms with van der Waals surface area (Å²) in [5.74, 6) is -2.04. The molecule has 1 fully saturated rings. The number of carbonyl (C=O) groups excluding carboxylic acids is 3. The molecule has 9 heteroatoms. The first-order valence-corrected chi connectivity index (χ1v) is 17.9. The molecule has 2 aliphatic rings. The van der Waals surface area contributed by atoms with Gasteiger partial charge in [-0.05, 0) is 63.5 Å². The number of unbranched alkanes of at least 4 members (excludes halogenated alkanes) is 8. The predicted molar refractivity (Wildman–Crippen MR) is 196 cm³/mol. The number of benzene rings is 5. The van der Waals surface area contributed by atoms with Crippen molar-refractivity contribution in [2.75, 3.05) is 31.4 Å². The van der Waals surface area contributed by atoms with E-state index in [-0.39, 0.29) is 19.8 Å². The van der Waals surface area contributed by atoms with Crippen molar-refractivity contribution in [1.29, 1.82) is 0 Å². The first kappa shape index (κ1) is 33.6. The van der Waals surface area contributed by atoms with E-state index in [1.807, 2.05) is 18.2 Å². The van der Waals surface area contributed by atoms with E-state index in [1.54, 1.807) is 29.3 Å². The number of rotatable bonds is 16. The number of β-amino-alcohol motifs (C(OH)–C–C–N with tert-alkyl or cyclic N) is 1. The Morgan fingerprint density at radius 3 is 1.98 bits per heavy atom. The highest BCUT2D eigenvalue weighted by Crippen LogP contribution is 2.43. The smallest absolute Gasteiger partial charge is 0.338 e. The Hall–Kier alpha value is -4.86. The Kier molecular flexibility index (Phi) is 10.1. The van der Waals surface area contributed by atoms with Crippen molar-refractivity contribution in [2.24, 2.45) is 11.0 Å². The van der Waals surface area contributed by atoms with Crippen molar-refractivity contribution in [3.8, 4) is 0 Å². The Labute approximate surface area is 291 Å². The van der Waals surface area contributed by atoms with Crippen LogP contribution in [0.5, 0.6) is 0 Å². The van der Waals surface area contributed by atoms with E-state index < -0.39 is 29.7 Å². The number of hydrogen-bond donors (Lipinski definition) is 2. The molecule has 2 unspecified atom stereocenters. The SMILES string of the molecule is O=C(OCCCCCCCCCCCO)c1ccc(C2=NN(c3ccc4ccc5cccc6ccc3c4c56)C3C(=O)N(CCO)C(=O)C23)cc1. The van der Waals surface area contributed by atoms with Crippen LogP contribution in [0, 0.1) is 5.92 Å². The van der Waals surface area contributed by atoms with E-state index in [4.69, 9.17) is 14.9 Å². The van der Waals surface area contributed by atoms with Crippen LogP contribution in [0.3, 0.4) is 0 Å². The Bertz CT molecular complexity index is 2020. The molecule has 0 radical (unpaired) electrons. The third-order valence-corrected chi connectivity index (χ3v) is 10.2. The highest BCUT2D eigenvalue weighted by atomic mass is 16.5. The van der Waals surface area contributed by atoms with Gasteiger partial charge in [-0.3, -0.25) is 19.5 Å². The van der Waals surface area contributed by atoms with E-state index in [0.29, 0.717) is 23.4 Å². The molecule has 2 amide bonds. The lowest BCUT2D eigenvalue weighted by atomic mass is 9.91. The molecule has 2 N–H and O–H groups in total. The Morgan fingerprint density at radius 2 is 1.30 bits per heavy atom. The van der Waals surface area contributed by atoms with Gasteiger partial charge in [0, 0.05) is 12.0 Å². The number of amides is 2. The molecule has 0 aliphatic carbocycles. The van der Waals surface area contributed by atoms with Crippen LogP contribution < -0.4 is 5.01 Å². The van der Waals surface area contributed by atoms with Gasteiger partial charge in [0.1, 0.15) is 12.0 Å². The summed E-state index contributed by atoms with van der Waals surface area (Å²) in [6.07, 6.45) is 9.63. The summed E-state index contributed by atoms with van der Waals surface area (Å²) in [7, 11) is 0. The van der Waals surface area contributed by atoms with Gasteiger partial charge >= 0.3 is 5.97 Å². The number of likely N-dealkylation sites (tertiary alicyclic amines) is 1. The van der Waals surface area contributed by atoms with Gasteiger partial charge in [0.05, 0.1) is 36.7 Å². The van der Waals surface area contributed by atoms with Crippen LogP contribution in [0.4, 0.5) is 5.69 Å². The van der Waals surface area contributed by atoms with Crippen molar-refractivity contribution in [3.63, 3.8) is 0 Å². The summed E-state index contributed by atoms with van der Waals surface area (Å²) in [6, 6.07) is 24.5. The van der Waals surface area contributed by atoms with Crippen molar-refractivity contribution in [1.82, 2.24) is 4.90 Å². The fourth-order valence-corrected chi connectivity index (χ4v) is 7.62. The zero-order chi connectivity index (χ0) is 34.6. The standard InChI is InChI=1S/C41H43N3O6/c45-24-8-6-4-2-1-3-5-7-9-26-50-41(49)31-17-15-30(16-18-31)37-36-38(40(48)43(23-25-46)39(36)47)44(42-37)33-22-20-29-14-13-27-11-10-12-28-19-21-32(33)35(29)34(27)28/h10-22,36,38,45-46H,1-9,23-26H2. The van der Waals surface area contributed by atoms with Gasteiger partial charge in [-0.25, -0.2) is 4.79 Å². The molecule has 0 aromatic heterocycles. The van der Waals surface area contributed by atoms with Crippen molar-refractivity contribution in [2.45, 2.75) is 63.8 Å². The Morgan fingerprint density at radius 1 is 0.680 bits per heavy atom. The fraction of sp³-hybridized carbons (Fsp3) is 0.366. The number of ether oxygens (including phenoxy) is 1. The number of aliphatic hydroxyl groups excluding tert-OH is 2. The van der Waals surface area contributed by atoms with Gasteiger partial charge < -0.3 is 14.9 Å². The molecule has 258 valence electrons. The molecule has 2 heterocycles. The zero-order valence-corrected chi connectivity index (χ0v) is 28.2. The quantitative estimate of drug-likeness (QED) is 0.0511. The summed E-state index contributed by atoms with van der Waals surface area (Å²) in [5.41, 5.74) is 2.23. The molecular formula is C41H43N3O6. The number of hydrazone groups is 1. The van der Waals surface area contributed by atoms with Crippen molar-refractivity contribution in [3.05, 3.63) is 90.0 Å². The van der Waals surface area contributed by atoms with Crippen LogP contribution in [0.2, 0.25) is 0 Å². The maximum absolute atomic E-state index is 13.8. The number of fused-ring (bicyclic) bond motifs is 1. The predicted octanol–water partition coefficient (Wildman–Crippen LogP) is 6.81. The molecule has 0 spiro atoms. The highest BCUT2D eigenvalue weighted by Gasteiger charge is 2.56. The summed E-state index contributed by atoms with van der Waals surface area (Å²) < 4.78 is 5.54. The number of hydrogen-bond acceptors (Lipinski definition) is 8. The van der Waals surface area contributed by atoms with Gasteiger partial charge in [-0.1, -0.05) is 106 Å². The topological polar surface area (TPSA) is 120 Å². The van der Waals surface area contributed by atoms with Crippen molar-refractivity contribution >= 4 is 61.5 Å². The maximum atomic E-state index is 13.8. The van der Waals surface area contributed by atoms with E-state index >= 15 is 0 Å². The molecule has 0 bridgehead atoms. The molecular weight excluding hydrogens is 630 g/mol. The minimum absolute atomic E-state index is 0.0829. The number of anilines is 1. The minimum atomic E-state index is -0.890. The van der Waals surface area contributed by atoms with Crippen LogP contribution in [-0.2, 0) is 14.3 Å². The lowest BCUT2D eigenvalue weighted by Gasteiger charge is -2.24. The van der Waals surface area contributed by atoms with E-state index in [9.17, 15) is 19.5 Å². The molecule has 2 aliphatic heterocycles. The highest BCUT2D eigenvalue weighted by molar-refractivity contribution is 6.28. The molecule has 5 aromatic carbocycles. The van der Waals surface area contributed by atoms with Gasteiger partial charge in [0.25, 0.3) is 5.91 Å². The average Bonchev–Trinajstić information content (AvgIpc) is 3.65. The second kappa shape index (κ2) is 14.9. The third kappa shape index (κ3) is 6.32. The molecule has 50 heavy (non-hydrogen) atoms. The van der Waals surface area contributed by atoms with E-state index in [1.165, 1.54) is 25.7 Å². The second-order valence-electron chi connectivity index (χ2n) is 13.4. The summed E-state index contributed by atoms with van der Waals surface area (Å²) >= 11 is 0. The first-order chi connectivity index (χ1) is 24.5. The van der Waals surface area contributed by atoms with Crippen LogP contribution in [0.15, 0.2) is 84.0 Å². The number of aliphatic hydroxyl groups is 2. The molecule has 7 rings (SSSR count). The third-order valence-electron chi connectivity index (χ3n) is 10.2. The fourth-order valence-electron chi connectivity index (χ4n) is 7.62. The van der Waals surface area contributed by atoms with Crippen LogP contribution in [0.1, 0.15) is 73.7 Å². The summed E-state index contributed by atoms with van der Waals surface area (Å²) in [4.78, 5) is 41.5. The van der Waals surface area contributed by atoms with E-state index in [2.05, 4.69) is 36.4 Å². The molecule has 1 saturated heterocycles. The first-order valence-electron chi connectivity index (χ1n) is 17.9. The van der Waals surface area contributed by atoms with Gasteiger partial charge in [-0.15, -0.1) is 0 Å². The largest absolute Gasteiger partial charge is 0.462 e. The lowest BCUT2D eigenvalue weighted by Crippen LogP contribution is -2.40. The lowest BCUT2D eigenvalue weighted by molar-refractivity contribution is -0.139. The van der Waals surface area contributed by atoms with Gasteiger partial charge in [0.2, 0.25) is 5.91 Å². The van der Waals surface area contributed by atoms with Gasteiger partial charge in [-0.2, -0.15) is 5.10 Å². The van der Waals surface area contributed by atoms with Crippen LogP contribution in [-0.4, -0.2) is 71.0 Å². The van der Waals surface area contributed by atoms with Crippen LogP contribution in [0.25, 0.3) is 32.3 Å². The molecule has 2 atom stereocenters. The zero-order valence-electron chi connectivity index (χ0n) is 28.2. The Balaban J connectivity index is 1.09. The van der Waals surface area contributed by atoms with Crippen LogP contribution >= 0.6 is 0 Å². The van der Waals surface area contributed by atoms with Crippen molar-refractivity contribution < 1.29 is 29.3 Å². The molecule has 0 saturated carbocycles. The average molecular weight is 674 g/mol. The maximum Gasteiger partial charge on any atom is 0.338 e. The minimum Gasteiger partial charge on any atom is -0.462 e. The number of esters is 1. The molecule has 5 aromatic rings. The second-order valence-corrected chi connectivity index (χ2v) is 13.4. The van der Waals surface area contributed by atoms with Gasteiger partial charge in [0.15, 0.2) is 0 Å². The number of nitrogens with zero attached hydrogens (tertiary/aromatic N) is 3.